The Morgan fingerprint density at radius 3 is 2.91 bits per heavy atom. The van der Waals surface area contributed by atoms with Crippen LogP contribution in [0.15, 0.2) is 24.3 Å². The molecule has 2 rings (SSSR count). The lowest BCUT2D eigenvalue weighted by molar-refractivity contribution is -0.123. The Labute approximate surface area is 131 Å². The first-order chi connectivity index (χ1) is 10.4. The number of aliphatic hydroxyl groups excluding tert-OH is 1. The van der Waals surface area contributed by atoms with Crippen molar-refractivity contribution >= 4 is 5.91 Å². The van der Waals surface area contributed by atoms with Crippen LogP contribution in [-0.2, 0) is 4.79 Å². The average Bonchev–Trinajstić information content (AvgIpc) is 2.47. The lowest BCUT2D eigenvalue weighted by atomic mass is 9.85. The summed E-state index contributed by atoms with van der Waals surface area (Å²) >= 11 is 0. The molecular formula is C17H25FN2O2. The number of hydrogen-bond donors (Lipinski definition) is 3. The van der Waals surface area contributed by atoms with Gasteiger partial charge in [0.1, 0.15) is 5.82 Å². The fourth-order valence-corrected chi connectivity index (χ4v) is 2.96. The van der Waals surface area contributed by atoms with Crippen LogP contribution in [0.25, 0.3) is 0 Å². The SMILES string of the molecule is CC(C)(C[C@@H]1CCC(=O)NC1)NCC(O)c1cccc(F)c1. The maximum absolute atomic E-state index is 13.2. The van der Waals surface area contributed by atoms with Gasteiger partial charge >= 0.3 is 0 Å². The molecule has 1 amide bonds. The summed E-state index contributed by atoms with van der Waals surface area (Å²) in [5, 5.41) is 16.4. The molecular weight excluding hydrogens is 283 g/mol. The fraction of sp³-hybridized carbons (Fsp3) is 0.588. The van der Waals surface area contributed by atoms with Crippen molar-refractivity contribution in [2.24, 2.45) is 5.92 Å². The molecule has 0 spiro atoms. The molecule has 1 heterocycles. The summed E-state index contributed by atoms with van der Waals surface area (Å²) in [7, 11) is 0. The third-order valence-corrected chi connectivity index (χ3v) is 4.17. The fourth-order valence-electron chi connectivity index (χ4n) is 2.96. The second-order valence-electron chi connectivity index (χ2n) is 6.75. The number of β-amino-alcohol motifs (C(OH)–C–C–N with tert-alkyl or cyclic N) is 1. The van der Waals surface area contributed by atoms with Gasteiger partial charge in [-0.15, -0.1) is 0 Å². The van der Waals surface area contributed by atoms with Crippen molar-refractivity contribution in [1.29, 1.82) is 0 Å². The van der Waals surface area contributed by atoms with E-state index in [1.54, 1.807) is 12.1 Å². The minimum atomic E-state index is -0.735. The summed E-state index contributed by atoms with van der Waals surface area (Å²) in [6, 6.07) is 6.05. The van der Waals surface area contributed by atoms with Crippen LogP contribution < -0.4 is 10.6 Å². The normalized spacial score (nSPS) is 20.5. The number of benzene rings is 1. The zero-order chi connectivity index (χ0) is 16.2. The van der Waals surface area contributed by atoms with Gasteiger partial charge < -0.3 is 15.7 Å². The first-order valence-corrected chi connectivity index (χ1v) is 7.81. The molecule has 0 radical (unpaired) electrons. The summed E-state index contributed by atoms with van der Waals surface area (Å²) in [5.74, 6) is 0.240. The second-order valence-corrected chi connectivity index (χ2v) is 6.75. The molecule has 0 aliphatic carbocycles. The Hall–Kier alpha value is -1.46. The van der Waals surface area contributed by atoms with Crippen LogP contribution in [0.4, 0.5) is 4.39 Å². The highest BCUT2D eigenvalue weighted by atomic mass is 19.1. The van der Waals surface area contributed by atoms with Crippen LogP contribution >= 0.6 is 0 Å². The highest BCUT2D eigenvalue weighted by Crippen LogP contribution is 2.23. The van der Waals surface area contributed by atoms with E-state index < -0.39 is 6.10 Å². The molecule has 0 bridgehead atoms. The Balaban J connectivity index is 1.82. The highest BCUT2D eigenvalue weighted by Gasteiger charge is 2.26. The predicted molar refractivity (Wildman–Crippen MR) is 83.8 cm³/mol. The van der Waals surface area contributed by atoms with Crippen LogP contribution in [0.2, 0.25) is 0 Å². The minimum absolute atomic E-state index is 0.128. The number of amides is 1. The summed E-state index contributed by atoms with van der Waals surface area (Å²) < 4.78 is 13.2. The van der Waals surface area contributed by atoms with Crippen molar-refractivity contribution in [2.75, 3.05) is 13.1 Å². The van der Waals surface area contributed by atoms with E-state index in [-0.39, 0.29) is 17.3 Å². The summed E-state index contributed by atoms with van der Waals surface area (Å²) in [6.45, 7) is 5.26. The van der Waals surface area contributed by atoms with Crippen LogP contribution in [0, 0.1) is 11.7 Å². The molecule has 1 aliphatic heterocycles. The van der Waals surface area contributed by atoms with Gasteiger partial charge in [0.15, 0.2) is 0 Å². The Morgan fingerprint density at radius 2 is 2.27 bits per heavy atom. The van der Waals surface area contributed by atoms with Crippen molar-refractivity contribution in [3.63, 3.8) is 0 Å². The number of aliphatic hydroxyl groups is 1. The van der Waals surface area contributed by atoms with Gasteiger partial charge in [-0.2, -0.15) is 0 Å². The van der Waals surface area contributed by atoms with E-state index in [1.165, 1.54) is 12.1 Å². The summed E-state index contributed by atoms with van der Waals surface area (Å²) in [4.78, 5) is 11.2. The maximum atomic E-state index is 13.2. The second kappa shape index (κ2) is 7.20. The van der Waals surface area contributed by atoms with Gasteiger partial charge in [0.2, 0.25) is 5.91 Å². The van der Waals surface area contributed by atoms with E-state index in [2.05, 4.69) is 24.5 Å². The van der Waals surface area contributed by atoms with Gasteiger partial charge in [-0.05, 0) is 50.3 Å². The molecule has 1 saturated heterocycles. The topological polar surface area (TPSA) is 61.4 Å². The Kier molecular flexibility index (Phi) is 5.53. The van der Waals surface area contributed by atoms with Gasteiger partial charge in [0.05, 0.1) is 6.10 Å². The van der Waals surface area contributed by atoms with Crippen molar-refractivity contribution in [1.82, 2.24) is 10.6 Å². The molecule has 0 aromatic heterocycles. The zero-order valence-corrected chi connectivity index (χ0v) is 13.2. The van der Waals surface area contributed by atoms with Gasteiger partial charge in [0, 0.05) is 25.0 Å². The first-order valence-electron chi connectivity index (χ1n) is 7.81. The quantitative estimate of drug-likeness (QED) is 0.754. The molecule has 3 N–H and O–H groups in total. The maximum Gasteiger partial charge on any atom is 0.220 e. The average molecular weight is 308 g/mol. The van der Waals surface area contributed by atoms with Crippen molar-refractivity contribution in [3.05, 3.63) is 35.6 Å². The Morgan fingerprint density at radius 1 is 1.50 bits per heavy atom. The first kappa shape index (κ1) is 16.9. The van der Waals surface area contributed by atoms with Gasteiger partial charge in [0.25, 0.3) is 0 Å². The van der Waals surface area contributed by atoms with E-state index in [4.69, 9.17) is 0 Å². The third kappa shape index (κ3) is 5.07. The molecule has 1 fully saturated rings. The number of carbonyl (C=O) groups excluding carboxylic acids is 1. The number of nitrogens with one attached hydrogen (secondary N) is 2. The summed E-state index contributed by atoms with van der Waals surface area (Å²) in [5.41, 5.74) is 0.425. The number of rotatable bonds is 6. The molecule has 0 saturated carbocycles. The van der Waals surface area contributed by atoms with E-state index in [0.29, 0.717) is 24.4 Å². The van der Waals surface area contributed by atoms with E-state index in [0.717, 1.165) is 19.4 Å². The van der Waals surface area contributed by atoms with Crippen LogP contribution in [-0.4, -0.2) is 29.6 Å². The highest BCUT2D eigenvalue weighted by molar-refractivity contribution is 5.76. The number of piperidine rings is 1. The number of hydrogen-bond acceptors (Lipinski definition) is 3. The predicted octanol–water partition coefficient (Wildman–Crippen LogP) is 2.14. The van der Waals surface area contributed by atoms with Gasteiger partial charge in [-0.1, -0.05) is 12.1 Å². The molecule has 22 heavy (non-hydrogen) atoms. The van der Waals surface area contributed by atoms with E-state index in [9.17, 15) is 14.3 Å². The molecule has 1 aliphatic rings. The zero-order valence-electron chi connectivity index (χ0n) is 13.2. The molecule has 1 aromatic carbocycles. The molecule has 1 unspecified atom stereocenters. The Bertz CT molecular complexity index is 509. The summed E-state index contributed by atoms with van der Waals surface area (Å²) in [6.07, 6.45) is 1.68. The standard InChI is InChI=1S/C17H25FN2O2/c1-17(2,9-12-6-7-16(22)19-10-12)20-11-15(21)13-4-3-5-14(18)8-13/h3-5,8,12,15,20-21H,6-7,9-11H2,1-2H3,(H,19,22)/t12-,15?/m0/s1. The van der Waals surface area contributed by atoms with Crippen molar-refractivity contribution in [3.8, 4) is 0 Å². The van der Waals surface area contributed by atoms with Crippen molar-refractivity contribution < 1.29 is 14.3 Å². The minimum Gasteiger partial charge on any atom is -0.387 e. The third-order valence-electron chi connectivity index (χ3n) is 4.17. The number of halogens is 1. The molecule has 4 nitrogen and oxygen atoms in total. The molecule has 122 valence electrons. The van der Waals surface area contributed by atoms with Crippen molar-refractivity contribution in [2.45, 2.75) is 44.8 Å². The monoisotopic (exact) mass is 308 g/mol. The molecule has 2 atom stereocenters. The largest absolute Gasteiger partial charge is 0.387 e. The lowest BCUT2D eigenvalue weighted by Crippen LogP contribution is -2.46. The van der Waals surface area contributed by atoms with E-state index >= 15 is 0 Å². The molecule has 5 heteroatoms. The van der Waals surface area contributed by atoms with Crippen LogP contribution in [0.5, 0.6) is 0 Å². The van der Waals surface area contributed by atoms with Gasteiger partial charge in [-0.3, -0.25) is 4.79 Å². The van der Waals surface area contributed by atoms with E-state index in [1.807, 2.05) is 0 Å². The van der Waals surface area contributed by atoms with Gasteiger partial charge in [-0.25, -0.2) is 4.39 Å². The number of carbonyl (C=O) groups is 1. The van der Waals surface area contributed by atoms with Crippen LogP contribution in [0.1, 0.15) is 44.8 Å². The van der Waals surface area contributed by atoms with Crippen LogP contribution in [0.3, 0.4) is 0 Å². The molecule has 1 aromatic rings. The lowest BCUT2D eigenvalue weighted by Gasteiger charge is -2.33. The smallest absolute Gasteiger partial charge is 0.220 e.